The van der Waals surface area contributed by atoms with E-state index in [4.69, 9.17) is 5.73 Å². The van der Waals surface area contributed by atoms with Crippen molar-refractivity contribution in [3.05, 3.63) is 79.9 Å². The number of oxime groups is 1. The Bertz CT molecular complexity index is 831. The third kappa shape index (κ3) is 3.88. The molecule has 2 aromatic rings. The maximum Gasteiger partial charge on any atom is 0.365 e. The van der Waals surface area contributed by atoms with Crippen LogP contribution < -0.4 is 5.73 Å². The summed E-state index contributed by atoms with van der Waals surface area (Å²) in [7, 11) is 0. The van der Waals surface area contributed by atoms with Gasteiger partial charge in [-0.1, -0.05) is 17.3 Å². The Hall–Kier alpha value is -3.82. The minimum absolute atomic E-state index is 0.0381. The zero-order chi connectivity index (χ0) is 17.7. The molecule has 10 heteroatoms. The first kappa shape index (κ1) is 16.5. The number of carbonyl (C=O) groups is 1. The first-order valence-electron chi connectivity index (χ1n) is 6.42. The highest BCUT2D eigenvalue weighted by Crippen LogP contribution is 2.14. The van der Waals surface area contributed by atoms with Gasteiger partial charge in [-0.15, -0.1) is 0 Å². The third-order valence-electron chi connectivity index (χ3n) is 2.89. The number of carbonyl (C=O) groups excluding carboxylic acids is 1. The zero-order valence-corrected chi connectivity index (χ0v) is 12.0. The molecule has 0 saturated carbocycles. The van der Waals surface area contributed by atoms with Crippen LogP contribution in [0, 0.1) is 20.2 Å². The van der Waals surface area contributed by atoms with Crippen molar-refractivity contribution in [3.8, 4) is 0 Å². The maximum atomic E-state index is 11.8. The molecule has 0 aliphatic rings. The molecule has 2 aromatic carbocycles. The first-order chi connectivity index (χ1) is 11.4. The molecule has 0 aromatic heterocycles. The van der Waals surface area contributed by atoms with Crippen LogP contribution in [0.25, 0.3) is 0 Å². The average molecular weight is 330 g/mol. The van der Waals surface area contributed by atoms with Crippen molar-refractivity contribution in [1.29, 1.82) is 0 Å². The van der Waals surface area contributed by atoms with E-state index in [2.05, 4.69) is 9.99 Å². The molecule has 0 aliphatic heterocycles. The van der Waals surface area contributed by atoms with E-state index < -0.39 is 15.8 Å². The van der Waals surface area contributed by atoms with Gasteiger partial charge in [0.2, 0.25) is 0 Å². The van der Waals surface area contributed by atoms with Crippen molar-refractivity contribution >= 4 is 23.2 Å². The number of hydrogen-bond acceptors (Lipinski definition) is 7. The van der Waals surface area contributed by atoms with E-state index >= 15 is 0 Å². The highest BCUT2D eigenvalue weighted by Gasteiger charge is 2.12. The molecule has 122 valence electrons. The fourth-order valence-corrected chi connectivity index (χ4v) is 1.69. The van der Waals surface area contributed by atoms with Gasteiger partial charge in [-0.25, -0.2) is 4.79 Å². The number of rotatable bonds is 5. The van der Waals surface area contributed by atoms with Gasteiger partial charge in [0, 0.05) is 29.8 Å². The van der Waals surface area contributed by atoms with E-state index in [0.717, 1.165) is 12.1 Å². The topological polar surface area (TPSA) is 151 Å². The number of non-ortho nitro benzene ring substituents is 2. The summed E-state index contributed by atoms with van der Waals surface area (Å²) < 4.78 is 0. The molecule has 0 heterocycles. The highest BCUT2D eigenvalue weighted by molar-refractivity contribution is 5.98. The Kier molecular flexibility index (Phi) is 4.80. The van der Waals surface area contributed by atoms with E-state index in [1.165, 1.54) is 36.4 Å². The van der Waals surface area contributed by atoms with Crippen LogP contribution in [0.3, 0.4) is 0 Å². The van der Waals surface area contributed by atoms with Crippen molar-refractivity contribution in [1.82, 2.24) is 0 Å². The Morgan fingerprint density at radius 2 is 1.58 bits per heavy atom. The quantitative estimate of drug-likeness (QED) is 0.289. The second-order valence-corrected chi connectivity index (χ2v) is 4.47. The van der Waals surface area contributed by atoms with E-state index in [1.54, 1.807) is 0 Å². The summed E-state index contributed by atoms with van der Waals surface area (Å²) in [6, 6.07) is 10.0. The van der Waals surface area contributed by atoms with Crippen LogP contribution >= 0.6 is 0 Å². The SMILES string of the molecule is NC(=NOC(=O)c1ccc([N+](=O)[O-])cc1)c1cccc([N+](=O)[O-])c1. The lowest BCUT2D eigenvalue weighted by Crippen LogP contribution is -2.15. The second kappa shape index (κ2) is 6.96. The first-order valence-corrected chi connectivity index (χ1v) is 6.42. The van der Waals surface area contributed by atoms with Gasteiger partial charge in [0.25, 0.3) is 11.4 Å². The minimum atomic E-state index is -0.877. The van der Waals surface area contributed by atoms with E-state index in [1.807, 2.05) is 0 Å². The molecule has 10 nitrogen and oxygen atoms in total. The molecule has 0 bridgehead atoms. The van der Waals surface area contributed by atoms with Gasteiger partial charge in [0.1, 0.15) is 0 Å². The molecule has 2 N–H and O–H groups in total. The van der Waals surface area contributed by atoms with Crippen LogP contribution in [0.4, 0.5) is 11.4 Å². The lowest BCUT2D eigenvalue weighted by molar-refractivity contribution is -0.385. The monoisotopic (exact) mass is 330 g/mol. The summed E-state index contributed by atoms with van der Waals surface area (Å²) in [5.41, 5.74) is 5.50. The average Bonchev–Trinajstić information content (AvgIpc) is 2.59. The van der Waals surface area contributed by atoms with Crippen molar-refractivity contribution in [3.63, 3.8) is 0 Å². The fourth-order valence-electron chi connectivity index (χ4n) is 1.69. The Labute approximate surface area is 134 Å². The Morgan fingerprint density at radius 3 is 2.17 bits per heavy atom. The van der Waals surface area contributed by atoms with E-state index in [-0.39, 0.29) is 28.3 Å². The van der Waals surface area contributed by atoms with E-state index in [0.29, 0.717) is 0 Å². The number of nitrogens with zero attached hydrogens (tertiary/aromatic N) is 3. The highest BCUT2D eigenvalue weighted by atomic mass is 16.7. The van der Waals surface area contributed by atoms with Crippen LogP contribution in [0.1, 0.15) is 15.9 Å². The third-order valence-corrected chi connectivity index (χ3v) is 2.89. The summed E-state index contributed by atoms with van der Waals surface area (Å²) in [6.07, 6.45) is 0. The molecule has 0 atom stereocenters. The van der Waals surface area contributed by atoms with Crippen molar-refractivity contribution in [2.45, 2.75) is 0 Å². The molecule has 0 fully saturated rings. The zero-order valence-electron chi connectivity index (χ0n) is 12.0. The molecule has 2 rings (SSSR count). The normalized spacial score (nSPS) is 10.9. The van der Waals surface area contributed by atoms with Crippen LogP contribution in [0.2, 0.25) is 0 Å². The molecular weight excluding hydrogens is 320 g/mol. The number of benzene rings is 2. The maximum absolute atomic E-state index is 11.8. The lowest BCUT2D eigenvalue weighted by Gasteiger charge is -2.01. The molecule has 0 spiro atoms. The predicted octanol–water partition coefficient (Wildman–Crippen LogP) is 1.98. The summed E-state index contributed by atoms with van der Waals surface area (Å²) in [5.74, 6) is -1.10. The van der Waals surface area contributed by atoms with Gasteiger partial charge < -0.3 is 10.6 Å². The van der Waals surface area contributed by atoms with Crippen LogP contribution in [-0.4, -0.2) is 21.7 Å². The minimum Gasteiger partial charge on any atom is -0.380 e. The summed E-state index contributed by atoms with van der Waals surface area (Å²) in [4.78, 5) is 36.4. The van der Waals surface area contributed by atoms with E-state index in [9.17, 15) is 25.0 Å². The van der Waals surface area contributed by atoms with Crippen molar-refractivity contribution in [2.75, 3.05) is 0 Å². The van der Waals surface area contributed by atoms with Crippen molar-refractivity contribution in [2.24, 2.45) is 10.9 Å². The molecule has 0 amide bonds. The Balaban J connectivity index is 2.11. The summed E-state index contributed by atoms with van der Waals surface area (Å²) in [6.45, 7) is 0. The van der Waals surface area contributed by atoms with Gasteiger partial charge >= 0.3 is 5.97 Å². The second-order valence-electron chi connectivity index (χ2n) is 4.47. The van der Waals surface area contributed by atoms with Crippen LogP contribution in [0.5, 0.6) is 0 Å². The van der Waals surface area contributed by atoms with Gasteiger partial charge in [-0.05, 0) is 12.1 Å². The standard InChI is InChI=1S/C14H10N4O6/c15-13(10-2-1-3-12(8-10)18(22)23)16-24-14(19)9-4-6-11(7-5-9)17(20)21/h1-8H,(H2,15,16). The van der Waals surface area contributed by atoms with Crippen LogP contribution in [-0.2, 0) is 4.84 Å². The number of amidine groups is 1. The predicted molar refractivity (Wildman–Crippen MR) is 82.3 cm³/mol. The summed E-state index contributed by atoms with van der Waals surface area (Å²) >= 11 is 0. The van der Waals surface area contributed by atoms with Gasteiger partial charge in [-0.2, -0.15) is 0 Å². The largest absolute Gasteiger partial charge is 0.380 e. The van der Waals surface area contributed by atoms with Crippen LogP contribution in [0.15, 0.2) is 53.7 Å². The van der Waals surface area contributed by atoms with Gasteiger partial charge in [0.15, 0.2) is 5.84 Å². The summed E-state index contributed by atoms with van der Waals surface area (Å²) in [5, 5.41) is 24.6. The number of hydrogen-bond donors (Lipinski definition) is 1. The number of nitrogens with two attached hydrogens (primary N) is 1. The number of nitro benzene ring substituents is 2. The molecule has 0 radical (unpaired) electrons. The lowest BCUT2D eigenvalue weighted by atomic mass is 10.2. The molecule has 0 aliphatic carbocycles. The van der Waals surface area contributed by atoms with Crippen molar-refractivity contribution < 1.29 is 19.5 Å². The number of nitro groups is 2. The molecule has 0 saturated heterocycles. The Morgan fingerprint density at radius 1 is 0.958 bits per heavy atom. The van der Waals surface area contributed by atoms with Gasteiger partial charge in [0.05, 0.1) is 15.4 Å². The fraction of sp³-hybridized carbons (Fsp3) is 0. The van der Waals surface area contributed by atoms with Gasteiger partial charge in [-0.3, -0.25) is 20.2 Å². The molecular formula is C14H10N4O6. The smallest absolute Gasteiger partial charge is 0.365 e. The molecule has 24 heavy (non-hydrogen) atoms. The molecule has 0 unspecified atom stereocenters.